The molecule has 2 aromatic rings. The second-order valence-corrected chi connectivity index (χ2v) is 15.6. The maximum Gasteiger partial charge on any atom is 0.163 e. The molecule has 0 N–H and O–H groups in total. The first-order chi connectivity index (χ1) is 19.9. The topological polar surface area (TPSA) is 34.1 Å². The smallest absolute Gasteiger partial charge is 0.163 e. The minimum Gasteiger partial charge on any atom is -0.294 e. The first-order valence-electron chi connectivity index (χ1n) is 16.3. The Bertz CT molecular complexity index is 1320. The summed E-state index contributed by atoms with van der Waals surface area (Å²) in [4.78, 5) is 27.6. The van der Waals surface area contributed by atoms with Crippen LogP contribution in [0.15, 0.2) is 71.8 Å². The van der Waals surface area contributed by atoms with Crippen molar-refractivity contribution in [1.82, 2.24) is 0 Å². The molecule has 6 unspecified atom stereocenters. The maximum atomic E-state index is 13.8. The molecule has 2 heteroatoms. The highest BCUT2D eigenvalue weighted by Crippen LogP contribution is 2.56. The number of Topliss-reactive ketones (excluding diaryl/α,β-unsaturated/α-hetero) is 2. The van der Waals surface area contributed by atoms with Gasteiger partial charge in [-0.15, -0.1) is 0 Å². The van der Waals surface area contributed by atoms with Crippen molar-refractivity contribution in [2.24, 2.45) is 35.5 Å². The van der Waals surface area contributed by atoms with E-state index in [4.69, 9.17) is 0 Å². The van der Waals surface area contributed by atoms with Gasteiger partial charge in [-0.25, -0.2) is 0 Å². The average Bonchev–Trinajstić information content (AvgIpc) is 3.41. The number of allylic oxidation sites excluding steroid dienone is 4. The van der Waals surface area contributed by atoms with E-state index < -0.39 is 0 Å². The van der Waals surface area contributed by atoms with E-state index in [-0.39, 0.29) is 34.5 Å². The van der Waals surface area contributed by atoms with E-state index in [0.29, 0.717) is 23.4 Å². The first-order valence-corrected chi connectivity index (χ1v) is 16.3. The van der Waals surface area contributed by atoms with E-state index in [1.165, 1.54) is 22.3 Å². The van der Waals surface area contributed by atoms with Crippen molar-refractivity contribution in [3.63, 3.8) is 0 Å². The summed E-state index contributed by atoms with van der Waals surface area (Å²) in [6, 6.07) is 17.7. The molecular weight excluding hydrogens is 512 g/mol. The van der Waals surface area contributed by atoms with Crippen molar-refractivity contribution in [3.8, 4) is 0 Å². The number of rotatable bonds is 4. The average molecular weight is 561 g/mol. The van der Waals surface area contributed by atoms with Gasteiger partial charge < -0.3 is 0 Å². The maximum absolute atomic E-state index is 13.8. The zero-order valence-corrected chi connectivity index (χ0v) is 26.5. The molecule has 6 rings (SSSR count). The summed E-state index contributed by atoms with van der Waals surface area (Å²) in [6.07, 6.45) is 14.9. The van der Waals surface area contributed by atoms with Crippen LogP contribution in [-0.4, -0.2) is 11.6 Å². The third-order valence-electron chi connectivity index (χ3n) is 10.7. The summed E-state index contributed by atoms with van der Waals surface area (Å²) in [5.41, 5.74) is 7.35. The van der Waals surface area contributed by atoms with Crippen molar-refractivity contribution in [2.75, 3.05) is 0 Å². The van der Waals surface area contributed by atoms with Crippen LogP contribution in [0.3, 0.4) is 0 Å². The number of carbonyl (C=O) groups is 2. The van der Waals surface area contributed by atoms with Crippen LogP contribution in [0.25, 0.3) is 12.2 Å². The number of fused-ring (bicyclic) bond motifs is 4. The number of hydrogen-bond donors (Lipinski definition) is 0. The molecule has 6 atom stereocenters. The van der Waals surface area contributed by atoms with Crippen molar-refractivity contribution in [3.05, 3.63) is 94.1 Å². The summed E-state index contributed by atoms with van der Waals surface area (Å²) in [6.45, 7) is 13.4. The van der Waals surface area contributed by atoms with Crippen LogP contribution in [0.2, 0.25) is 0 Å². The van der Waals surface area contributed by atoms with E-state index in [0.717, 1.165) is 49.7 Å². The Kier molecular flexibility index (Phi) is 7.57. The Balaban J connectivity index is 1.08. The second-order valence-electron chi connectivity index (χ2n) is 15.6. The van der Waals surface area contributed by atoms with Crippen LogP contribution in [0.4, 0.5) is 0 Å². The largest absolute Gasteiger partial charge is 0.294 e. The van der Waals surface area contributed by atoms with Gasteiger partial charge in [-0.1, -0.05) is 114 Å². The fourth-order valence-electron chi connectivity index (χ4n) is 8.14. The Labute approximate surface area is 253 Å². The first kappa shape index (κ1) is 29.1. The van der Waals surface area contributed by atoms with Gasteiger partial charge in [0.15, 0.2) is 11.6 Å². The van der Waals surface area contributed by atoms with E-state index in [1.807, 2.05) is 0 Å². The summed E-state index contributed by atoms with van der Waals surface area (Å²) in [7, 11) is 0. The minimum atomic E-state index is 0.0141. The Morgan fingerprint density at radius 3 is 1.21 bits per heavy atom. The van der Waals surface area contributed by atoms with Crippen LogP contribution in [0, 0.1) is 35.5 Å². The molecule has 2 fully saturated rings. The third kappa shape index (κ3) is 5.54. The molecule has 4 aliphatic carbocycles. The summed E-state index contributed by atoms with van der Waals surface area (Å²) >= 11 is 0. The predicted octanol–water partition coefficient (Wildman–Crippen LogP) is 9.54. The normalized spacial score (nSPS) is 29.9. The zero-order valence-electron chi connectivity index (χ0n) is 26.5. The summed E-state index contributed by atoms with van der Waals surface area (Å²) in [5.74, 6) is 1.80. The van der Waals surface area contributed by atoms with E-state index in [9.17, 15) is 9.59 Å². The van der Waals surface area contributed by atoms with Gasteiger partial charge >= 0.3 is 0 Å². The number of hydrogen-bond acceptors (Lipinski definition) is 2. The van der Waals surface area contributed by atoms with Gasteiger partial charge in [0.2, 0.25) is 0 Å². The molecule has 2 aromatic carbocycles. The van der Waals surface area contributed by atoms with Crippen LogP contribution in [0.5, 0.6) is 0 Å². The number of carbonyl (C=O) groups excluding carboxylic acids is 2. The summed E-state index contributed by atoms with van der Waals surface area (Å²) < 4.78 is 0. The fourth-order valence-corrected chi connectivity index (χ4v) is 8.14. The van der Waals surface area contributed by atoms with Gasteiger partial charge in [0, 0.05) is 23.0 Å². The van der Waals surface area contributed by atoms with Gasteiger partial charge in [0.1, 0.15) is 0 Å². The van der Waals surface area contributed by atoms with Crippen molar-refractivity contribution in [2.45, 2.75) is 90.9 Å². The lowest BCUT2D eigenvalue weighted by Crippen LogP contribution is -2.34. The molecule has 220 valence electrons. The summed E-state index contributed by atoms with van der Waals surface area (Å²) in [5, 5.41) is 0. The Morgan fingerprint density at radius 2 is 0.881 bits per heavy atom. The van der Waals surface area contributed by atoms with Crippen LogP contribution in [-0.2, 0) is 20.4 Å². The fraction of sp³-hybridized carbons (Fsp3) is 0.500. The molecule has 42 heavy (non-hydrogen) atoms. The Morgan fingerprint density at radius 1 is 0.524 bits per heavy atom. The quantitative estimate of drug-likeness (QED) is 0.373. The lowest BCUT2D eigenvalue weighted by atomic mass is 9.67. The van der Waals surface area contributed by atoms with Crippen LogP contribution >= 0.6 is 0 Å². The molecule has 2 saturated carbocycles. The van der Waals surface area contributed by atoms with Crippen LogP contribution in [0.1, 0.15) is 102 Å². The molecule has 4 aliphatic rings. The van der Waals surface area contributed by atoms with Gasteiger partial charge in [-0.3, -0.25) is 9.59 Å². The van der Waals surface area contributed by atoms with Crippen LogP contribution < -0.4 is 0 Å². The van der Waals surface area contributed by atoms with E-state index in [2.05, 4.69) is 114 Å². The highest BCUT2D eigenvalue weighted by atomic mass is 16.1. The third-order valence-corrected chi connectivity index (χ3v) is 10.7. The Hall–Kier alpha value is -3.00. The van der Waals surface area contributed by atoms with Gasteiger partial charge in [-0.2, -0.15) is 0 Å². The van der Waals surface area contributed by atoms with Crippen molar-refractivity contribution in [1.29, 1.82) is 0 Å². The standard InChI is InChI=1S/C40H48O2/c1-39(2,3)29-17-11-25(12-18-29)7-9-27-15-21-31-33(23-27)37(41)36-32-22-16-28(24-34(32)38(42)35(31)36)10-8-26-13-19-30(20-14-26)40(4,5)6/h7-14,17-20,27-28,31-34H,15-16,21-24H2,1-6H3/b9-7+,10-8+. The highest BCUT2D eigenvalue weighted by Gasteiger charge is 2.56. The molecule has 0 amide bonds. The molecule has 2 nitrogen and oxygen atoms in total. The lowest BCUT2D eigenvalue weighted by molar-refractivity contribution is -0.123. The number of ketones is 2. The van der Waals surface area contributed by atoms with Gasteiger partial charge in [-0.05, 0) is 95.3 Å². The molecule has 0 bridgehead atoms. The van der Waals surface area contributed by atoms with Gasteiger partial charge in [0.25, 0.3) is 0 Å². The van der Waals surface area contributed by atoms with Gasteiger partial charge in [0.05, 0.1) is 0 Å². The number of benzene rings is 2. The molecule has 0 heterocycles. The van der Waals surface area contributed by atoms with Crippen molar-refractivity contribution < 1.29 is 9.59 Å². The lowest BCUT2D eigenvalue weighted by Gasteiger charge is -2.35. The predicted molar refractivity (Wildman–Crippen MR) is 174 cm³/mol. The van der Waals surface area contributed by atoms with Crippen molar-refractivity contribution >= 4 is 23.7 Å². The molecule has 0 spiro atoms. The monoisotopic (exact) mass is 560 g/mol. The zero-order chi connectivity index (χ0) is 29.8. The molecule has 0 saturated heterocycles. The molecule has 0 aromatic heterocycles. The SMILES string of the molecule is CC(C)(C)c1ccc(/C=C/C2CCC3C4=C(C(=O)C3C2)C2CCC(/C=C/c3ccc(C(C)(C)C)cc3)CC2C4=O)cc1. The molecular formula is C40H48O2. The minimum absolute atomic E-state index is 0.0141. The molecule has 0 aliphatic heterocycles. The van der Waals surface area contributed by atoms with E-state index in [1.54, 1.807) is 0 Å². The molecule has 0 radical (unpaired) electrons. The van der Waals surface area contributed by atoms with E-state index >= 15 is 0 Å². The highest BCUT2D eigenvalue weighted by molar-refractivity contribution is 6.16. The second kappa shape index (κ2) is 10.9.